The van der Waals surface area contributed by atoms with Crippen molar-refractivity contribution in [3.63, 3.8) is 0 Å². The average Bonchev–Trinajstić information content (AvgIpc) is 3.29. The smallest absolute Gasteiger partial charge is 0.277 e. The normalized spacial score (nSPS) is 16.4. The Labute approximate surface area is 147 Å². The second-order valence-electron chi connectivity index (χ2n) is 5.76. The van der Waals surface area contributed by atoms with Crippen molar-refractivity contribution < 1.29 is 18.4 Å². The first-order valence-corrected chi connectivity index (χ1v) is 8.85. The molecule has 1 aliphatic heterocycles. The highest BCUT2D eigenvalue weighted by Crippen LogP contribution is 2.36. The highest BCUT2D eigenvalue weighted by Gasteiger charge is 2.27. The van der Waals surface area contributed by atoms with Crippen LogP contribution >= 0.6 is 11.8 Å². The number of thioether (sulfide) groups is 1. The van der Waals surface area contributed by atoms with E-state index >= 15 is 0 Å². The molecule has 9 heteroatoms. The number of nitrogens with zero attached hydrogens (tertiary/aromatic N) is 4. The van der Waals surface area contributed by atoms with Gasteiger partial charge >= 0.3 is 0 Å². The fourth-order valence-corrected chi connectivity index (χ4v) is 2.85. The van der Waals surface area contributed by atoms with Gasteiger partial charge in [-0.05, 0) is 12.1 Å². The van der Waals surface area contributed by atoms with Gasteiger partial charge in [0.2, 0.25) is 12.0 Å². The third kappa shape index (κ3) is 3.46. The average molecular weight is 360 g/mol. The maximum absolute atomic E-state index is 5.85. The van der Waals surface area contributed by atoms with Gasteiger partial charge in [-0.25, -0.2) is 0 Å². The topological polar surface area (TPSA) is 96.3 Å². The molecule has 2 aromatic heterocycles. The van der Waals surface area contributed by atoms with Gasteiger partial charge in [0.25, 0.3) is 11.1 Å². The number of hydrogen-bond donors (Lipinski definition) is 0. The van der Waals surface area contributed by atoms with E-state index in [4.69, 9.17) is 18.4 Å². The Kier molecular flexibility index (Phi) is 4.31. The summed E-state index contributed by atoms with van der Waals surface area (Å²) in [5.74, 6) is 3.67. The first-order chi connectivity index (χ1) is 12.2. The molecule has 4 rings (SSSR count). The molecule has 0 aliphatic carbocycles. The van der Waals surface area contributed by atoms with E-state index in [1.54, 1.807) is 0 Å². The SMILES string of the molecule is CC(C)c1nc(CSc2nnc(C3COc4ccccc4O3)o2)no1. The van der Waals surface area contributed by atoms with Gasteiger partial charge in [0.05, 0.1) is 5.75 Å². The Bertz CT molecular complexity index is 863. The van der Waals surface area contributed by atoms with Gasteiger partial charge in [0.15, 0.2) is 17.3 Å². The minimum Gasteiger partial charge on any atom is -0.485 e. The van der Waals surface area contributed by atoms with Gasteiger partial charge in [-0.15, -0.1) is 10.2 Å². The molecule has 0 radical (unpaired) electrons. The predicted octanol–water partition coefficient (Wildman–Crippen LogP) is 3.38. The maximum Gasteiger partial charge on any atom is 0.277 e. The molecule has 0 bridgehead atoms. The minimum absolute atomic E-state index is 0.201. The fourth-order valence-electron chi connectivity index (χ4n) is 2.24. The number of rotatable bonds is 5. The molecule has 0 N–H and O–H groups in total. The molecule has 0 fully saturated rings. The van der Waals surface area contributed by atoms with E-state index < -0.39 is 6.10 Å². The van der Waals surface area contributed by atoms with Crippen LogP contribution in [0.5, 0.6) is 11.5 Å². The predicted molar refractivity (Wildman–Crippen MR) is 87.6 cm³/mol. The Balaban J connectivity index is 1.39. The first kappa shape index (κ1) is 15.9. The zero-order valence-corrected chi connectivity index (χ0v) is 14.5. The summed E-state index contributed by atoms with van der Waals surface area (Å²) in [4.78, 5) is 4.31. The second kappa shape index (κ2) is 6.75. The summed E-state index contributed by atoms with van der Waals surface area (Å²) in [5.41, 5.74) is 0. The summed E-state index contributed by atoms with van der Waals surface area (Å²) in [6.45, 7) is 4.32. The van der Waals surface area contributed by atoms with E-state index in [1.807, 2.05) is 38.1 Å². The van der Waals surface area contributed by atoms with E-state index in [-0.39, 0.29) is 5.92 Å². The van der Waals surface area contributed by atoms with Crippen LogP contribution in [0, 0.1) is 0 Å². The van der Waals surface area contributed by atoms with Gasteiger partial charge in [-0.2, -0.15) is 4.98 Å². The number of hydrogen-bond acceptors (Lipinski definition) is 9. The monoisotopic (exact) mass is 360 g/mol. The molecular weight excluding hydrogens is 344 g/mol. The third-order valence-electron chi connectivity index (χ3n) is 3.51. The number of fused-ring (bicyclic) bond motifs is 1. The van der Waals surface area contributed by atoms with Crippen LogP contribution in [0.3, 0.4) is 0 Å². The largest absolute Gasteiger partial charge is 0.485 e. The molecule has 25 heavy (non-hydrogen) atoms. The summed E-state index contributed by atoms with van der Waals surface area (Å²) >= 11 is 1.35. The Morgan fingerprint density at radius 3 is 2.84 bits per heavy atom. The van der Waals surface area contributed by atoms with Crippen molar-refractivity contribution >= 4 is 11.8 Å². The molecule has 3 aromatic rings. The van der Waals surface area contributed by atoms with Crippen molar-refractivity contribution in [1.82, 2.24) is 20.3 Å². The van der Waals surface area contributed by atoms with Crippen LogP contribution < -0.4 is 9.47 Å². The van der Waals surface area contributed by atoms with Crippen LogP contribution in [-0.4, -0.2) is 26.9 Å². The maximum atomic E-state index is 5.85. The first-order valence-electron chi connectivity index (χ1n) is 7.86. The molecule has 0 saturated carbocycles. The van der Waals surface area contributed by atoms with Gasteiger partial charge in [0, 0.05) is 5.92 Å². The molecule has 130 valence electrons. The van der Waals surface area contributed by atoms with Crippen LogP contribution in [0.4, 0.5) is 0 Å². The quantitative estimate of drug-likeness (QED) is 0.634. The summed E-state index contributed by atoms with van der Waals surface area (Å²) < 4.78 is 22.3. The van der Waals surface area contributed by atoms with Gasteiger partial charge in [0.1, 0.15) is 6.61 Å². The van der Waals surface area contributed by atoms with Crippen molar-refractivity contribution in [2.75, 3.05) is 6.61 Å². The van der Waals surface area contributed by atoms with E-state index in [0.29, 0.717) is 46.7 Å². The van der Waals surface area contributed by atoms with Crippen LogP contribution in [0.1, 0.15) is 43.5 Å². The van der Waals surface area contributed by atoms with E-state index in [9.17, 15) is 0 Å². The van der Waals surface area contributed by atoms with Gasteiger partial charge in [-0.1, -0.05) is 42.9 Å². The van der Waals surface area contributed by atoms with Gasteiger partial charge < -0.3 is 18.4 Å². The number of benzene rings is 1. The molecule has 0 amide bonds. The molecular formula is C16H16N4O4S. The summed E-state index contributed by atoms with van der Waals surface area (Å²) in [6, 6.07) is 7.48. The van der Waals surface area contributed by atoms with Gasteiger partial charge in [-0.3, -0.25) is 0 Å². The summed E-state index contributed by atoms with van der Waals surface area (Å²) in [5, 5.41) is 12.4. The molecule has 1 unspecified atom stereocenters. The van der Waals surface area contributed by atoms with Crippen LogP contribution in [0.2, 0.25) is 0 Å². The Morgan fingerprint density at radius 1 is 1.20 bits per heavy atom. The van der Waals surface area contributed by atoms with Crippen LogP contribution in [0.15, 0.2) is 38.4 Å². The standard InChI is InChI=1S/C16H16N4O4S/c1-9(2)14-17-13(20-24-14)8-25-16-19-18-15(23-16)12-7-21-10-5-3-4-6-11(10)22-12/h3-6,9,12H,7-8H2,1-2H3. The summed E-state index contributed by atoms with van der Waals surface area (Å²) in [7, 11) is 0. The number of aromatic nitrogens is 4. The number of para-hydroxylation sites is 2. The van der Waals surface area contributed by atoms with Crippen molar-refractivity contribution in [1.29, 1.82) is 0 Å². The molecule has 1 aromatic carbocycles. The zero-order chi connectivity index (χ0) is 17.2. The van der Waals surface area contributed by atoms with Crippen LogP contribution in [-0.2, 0) is 5.75 Å². The van der Waals surface area contributed by atoms with E-state index in [1.165, 1.54) is 11.8 Å². The highest BCUT2D eigenvalue weighted by molar-refractivity contribution is 7.98. The molecule has 1 aliphatic rings. The lowest BCUT2D eigenvalue weighted by molar-refractivity contribution is 0.0686. The zero-order valence-electron chi connectivity index (χ0n) is 13.7. The lowest BCUT2D eigenvalue weighted by Crippen LogP contribution is -2.21. The van der Waals surface area contributed by atoms with Crippen molar-refractivity contribution in [2.45, 2.75) is 36.8 Å². The molecule has 0 saturated heterocycles. The lowest BCUT2D eigenvalue weighted by atomic mass is 10.2. The Hall–Kier alpha value is -2.55. The molecule has 3 heterocycles. The third-order valence-corrected chi connectivity index (χ3v) is 4.32. The minimum atomic E-state index is -0.422. The van der Waals surface area contributed by atoms with E-state index in [2.05, 4.69) is 20.3 Å². The number of ether oxygens (including phenoxy) is 2. The second-order valence-corrected chi connectivity index (χ2v) is 6.69. The highest BCUT2D eigenvalue weighted by atomic mass is 32.2. The molecule has 8 nitrogen and oxygen atoms in total. The lowest BCUT2D eigenvalue weighted by Gasteiger charge is -2.23. The summed E-state index contributed by atoms with van der Waals surface area (Å²) in [6.07, 6.45) is -0.422. The fraction of sp³-hybridized carbons (Fsp3) is 0.375. The van der Waals surface area contributed by atoms with Crippen LogP contribution in [0.25, 0.3) is 0 Å². The van der Waals surface area contributed by atoms with Crippen molar-refractivity contribution in [3.8, 4) is 11.5 Å². The Morgan fingerprint density at radius 2 is 2.04 bits per heavy atom. The molecule has 0 spiro atoms. The van der Waals surface area contributed by atoms with Crippen molar-refractivity contribution in [2.24, 2.45) is 0 Å². The molecule has 1 atom stereocenters. The van der Waals surface area contributed by atoms with E-state index in [0.717, 1.165) is 0 Å². The van der Waals surface area contributed by atoms with Crippen molar-refractivity contribution in [3.05, 3.63) is 41.9 Å².